The number of allylic oxidation sites excluding steroid dienone is 1. The van der Waals surface area contributed by atoms with Crippen LogP contribution in [-0.4, -0.2) is 31.0 Å². The Hall–Kier alpha value is -4.10. The van der Waals surface area contributed by atoms with E-state index in [-0.39, 0.29) is 19.0 Å². The number of ether oxygens (including phenoxy) is 5. The van der Waals surface area contributed by atoms with Crippen molar-refractivity contribution >= 4 is 46.0 Å². The maximum atomic E-state index is 14.0. The molecule has 0 spiro atoms. The highest BCUT2D eigenvalue weighted by atomic mass is 127. The Morgan fingerprint density at radius 1 is 1.14 bits per heavy atom. The van der Waals surface area contributed by atoms with Crippen LogP contribution in [0.15, 0.2) is 81.7 Å². The zero-order valence-electron chi connectivity index (χ0n) is 23.6. The maximum Gasteiger partial charge on any atom is 0.338 e. The lowest BCUT2D eigenvalue weighted by atomic mass is 9.95. The Labute approximate surface area is 264 Å². The molecule has 0 bridgehead atoms. The zero-order valence-corrected chi connectivity index (χ0v) is 26.6. The molecule has 0 saturated heterocycles. The van der Waals surface area contributed by atoms with Gasteiger partial charge in [-0.05, 0) is 83.5 Å². The lowest BCUT2D eigenvalue weighted by Crippen LogP contribution is -2.39. The van der Waals surface area contributed by atoms with Crippen molar-refractivity contribution in [2.45, 2.75) is 26.5 Å². The normalized spacial score (nSPS) is 15.6. The summed E-state index contributed by atoms with van der Waals surface area (Å²) in [6.45, 7) is 4.20. The van der Waals surface area contributed by atoms with Gasteiger partial charge in [0.25, 0.3) is 5.56 Å². The summed E-state index contributed by atoms with van der Waals surface area (Å²) in [5.41, 5.74) is 3.00. The summed E-state index contributed by atoms with van der Waals surface area (Å²) in [6, 6.07) is 18.3. The number of aromatic nitrogens is 1. The topological polar surface area (TPSA) is 97.6 Å². The average molecular weight is 711 g/mol. The Kier molecular flexibility index (Phi) is 8.26. The highest BCUT2D eigenvalue weighted by Crippen LogP contribution is 2.38. The van der Waals surface area contributed by atoms with E-state index in [2.05, 4.69) is 27.6 Å². The molecule has 0 amide bonds. The number of rotatable bonds is 8. The minimum absolute atomic E-state index is 0.111. The number of carbonyl (C=O) groups is 1. The van der Waals surface area contributed by atoms with Crippen LogP contribution in [0, 0.1) is 3.57 Å². The summed E-state index contributed by atoms with van der Waals surface area (Å²) in [5.74, 6) is 1.82. The molecule has 43 heavy (non-hydrogen) atoms. The number of hydrogen-bond donors (Lipinski definition) is 0. The molecule has 11 heteroatoms. The molecular formula is C32H27IN2O7S. The SMILES string of the molecule is CCOC(=O)C1=C(C)N=c2s/c(=C\c3cc(I)c(OCc4ccccc4)c(OC)c3)c(=O)n2[C@H]1c1ccc2c(c1)OCO2. The van der Waals surface area contributed by atoms with Crippen LogP contribution in [0.4, 0.5) is 0 Å². The third-order valence-electron chi connectivity index (χ3n) is 7.00. The third kappa shape index (κ3) is 5.66. The van der Waals surface area contributed by atoms with E-state index < -0.39 is 12.0 Å². The monoisotopic (exact) mass is 710 g/mol. The summed E-state index contributed by atoms with van der Waals surface area (Å²) < 4.78 is 31.1. The van der Waals surface area contributed by atoms with Crippen molar-refractivity contribution in [1.82, 2.24) is 4.57 Å². The van der Waals surface area contributed by atoms with Crippen LogP contribution in [0.5, 0.6) is 23.0 Å². The fraction of sp³-hybridized carbons (Fsp3) is 0.219. The summed E-state index contributed by atoms with van der Waals surface area (Å²) in [5, 5.41) is 0. The molecule has 0 aliphatic carbocycles. The lowest BCUT2D eigenvalue weighted by molar-refractivity contribution is -0.139. The fourth-order valence-corrected chi connectivity index (χ4v) is 6.86. The van der Waals surface area contributed by atoms with Crippen molar-refractivity contribution < 1.29 is 28.5 Å². The first kappa shape index (κ1) is 29.0. The predicted molar refractivity (Wildman–Crippen MR) is 169 cm³/mol. The molecule has 1 atom stereocenters. The quantitative estimate of drug-likeness (QED) is 0.193. The molecule has 220 valence electrons. The molecule has 2 aliphatic heterocycles. The molecule has 1 aromatic heterocycles. The van der Waals surface area contributed by atoms with Crippen molar-refractivity contribution in [3.8, 4) is 23.0 Å². The number of nitrogens with zero attached hydrogens (tertiary/aromatic N) is 2. The van der Waals surface area contributed by atoms with Gasteiger partial charge in [-0.1, -0.05) is 47.7 Å². The molecular weight excluding hydrogens is 683 g/mol. The lowest BCUT2D eigenvalue weighted by Gasteiger charge is -2.24. The molecule has 9 nitrogen and oxygen atoms in total. The second-order valence-corrected chi connectivity index (χ2v) is 11.9. The van der Waals surface area contributed by atoms with E-state index in [4.69, 9.17) is 23.7 Å². The molecule has 0 unspecified atom stereocenters. The number of carbonyl (C=O) groups excluding carboxylic acids is 1. The van der Waals surface area contributed by atoms with Gasteiger partial charge in [-0.15, -0.1) is 0 Å². The zero-order chi connectivity index (χ0) is 30.1. The van der Waals surface area contributed by atoms with E-state index in [1.165, 1.54) is 11.3 Å². The molecule has 0 fully saturated rings. The van der Waals surface area contributed by atoms with Crippen molar-refractivity contribution in [3.63, 3.8) is 0 Å². The number of methoxy groups -OCH3 is 1. The Morgan fingerprint density at radius 3 is 2.70 bits per heavy atom. The van der Waals surface area contributed by atoms with Crippen LogP contribution in [0.2, 0.25) is 0 Å². The summed E-state index contributed by atoms with van der Waals surface area (Å²) in [7, 11) is 1.59. The molecule has 3 heterocycles. The minimum atomic E-state index is -0.754. The predicted octanol–water partition coefficient (Wildman–Crippen LogP) is 4.72. The number of benzene rings is 3. The van der Waals surface area contributed by atoms with E-state index in [1.54, 1.807) is 43.7 Å². The van der Waals surface area contributed by atoms with Crippen molar-refractivity contribution in [3.05, 3.63) is 112 Å². The number of thiazole rings is 1. The number of hydrogen-bond acceptors (Lipinski definition) is 9. The van der Waals surface area contributed by atoms with Crippen LogP contribution in [-0.2, 0) is 16.1 Å². The largest absolute Gasteiger partial charge is 0.493 e. The highest BCUT2D eigenvalue weighted by Gasteiger charge is 2.34. The van der Waals surface area contributed by atoms with Gasteiger partial charge in [-0.2, -0.15) is 0 Å². The fourth-order valence-electron chi connectivity index (χ4n) is 5.03. The first-order chi connectivity index (χ1) is 20.9. The van der Waals surface area contributed by atoms with E-state index >= 15 is 0 Å². The smallest absolute Gasteiger partial charge is 0.338 e. The molecule has 4 aromatic rings. The third-order valence-corrected chi connectivity index (χ3v) is 8.79. The molecule has 2 aliphatic rings. The van der Waals surface area contributed by atoms with Crippen LogP contribution in [0.1, 0.15) is 36.6 Å². The molecule has 0 N–H and O–H groups in total. The second-order valence-electron chi connectivity index (χ2n) is 9.72. The molecule has 0 saturated carbocycles. The van der Waals surface area contributed by atoms with Gasteiger partial charge in [0.05, 0.1) is 39.1 Å². The molecule has 0 radical (unpaired) electrons. The van der Waals surface area contributed by atoms with Gasteiger partial charge < -0.3 is 23.7 Å². The Bertz CT molecular complexity index is 1930. The van der Waals surface area contributed by atoms with Gasteiger partial charge in [0, 0.05) is 0 Å². The van der Waals surface area contributed by atoms with E-state index in [0.29, 0.717) is 55.8 Å². The van der Waals surface area contributed by atoms with E-state index in [1.807, 2.05) is 48.5 Å². The summed E-state index contributed by atoms with van der Waals surface area (Å²) >= 11 is 3.46. The highest BCUT2D eigenvalue weighted by molar-refractivity contribution is 14.1. The van der Waals surface area contributed by atoms with Gasteiger partial charge in [-0.3, -0.25) is 9.36 Å². The Morgan fingerprint density at radius 2 is 1.93 bits per heavy atom. The van der Waals surface area contributed by atoms with E-state index in [9.17, 15) is 9.59 Å². The van der Waals surface area contributed by atoms with Crippen LogP contribution in [0.3, 0.4) is 0 Å². The molecule has 3 aromatic carbocycles. The average Bonchev–Trinajstić information content (AvgIpc) is 3.59. The second kappa shape index (κ2) is 12.3. The van der Waals surface area contributed by atoms with Gasteiger partial charge in [0.2, 0.25) is 6.79 Å². The first-order valence-corrected chi connectivity index (χ1v) is 15.4. The van der Waals surface area contributed by atoms with Crippen LogP contribution < -0.4 is 33.8 Å². The number of fused-ring (bicyclic) bond motifs is 2. The van der Waals surface area contributed by atoms with Crippen molar-refractivity contribution in [2.24, 2.45) is 4.99 Å². The van der Waals surface area contributed by atoms with Crippen LogP contribution in [0.25, 0.3) is 6.08 Å². The maximum absolute atomic E-state index is 14.0. The summed E-state index contributed by atoms with van der Waals surface area (Å²) in [6.07, 6.45) is 1.80. The van der Waals surface area contributed by atoms with Gasteiger partial charge >= 0.3 is 5.97 Å². The number of halogens is 1. The van der Waals surface area contributed by atoms with Gasteiger partial charge in [-0.25, -0.2) is 9.79 Å². The van der Waals surface area contributed by atoms with Crippen LogP contribution >= 0.6 is 33.9 Å². The standard InChI is InChI=1S/C32H27IN2O7S/c1-4-39-31(37)27-18(2)34-32-35(28(27)21-10-11-23-24(15-21)42-17-41-23)30(36)26(43-32)14-20-12-22(33)29(25(13-20)38-3)40-16-19-8-6-5-7-9-19/h5-15,28H,4,16-17H2,1-3H3/b26-14-/t28-/m0/s1. The first-order valence-electron chi connectivity index (χ1n) is 13.5. The Balaban J connectivity index is 1.43. The summed E-state index contributed by atoms with van der Waals surface area (Å²) in [4.78, 5) is 32.4. The van der Waals surface area contributed by atoms with E-state index in [0.717, 1.165) is 14.7 Å². The van der Waals surface area contributed by atoms with Crippen molar-refractivity contribution in [2.75, 3.05) is 20.5 Å². The minimum Gasteiger partial charge on any atom is -0.493 e. The van der Waals surface area contributed by atoms with Gasteiger partial charge in [0.15, 0.2) is 27.8 Å². The van der Waals surface area contributed by atoms with Crippen molar-refractivity contribution in [1.29, 1.82) is 0 Å². The van der Waals surface area contributed by atoms with Gasteiger partial charge in [0.1, 0.15) is 6.61 Å². The number of esters is 1. The molecule has 6 rings (SSSR count).